The predicted octanol–water partition coefficient (Wildman–Crippen LogP) is 7.61. The van der Waals surface area contributed by atoms with Crippen molar-refractivity contribution in [2.75, 3.05) is 108 Å². The normalized spacial score (nSPS) is 16.3. The fraction of sp³-hybridized carbons (Fsp3) is 0.382. The summed E-state index contributed by atoms with van der Waals surface area (Å²) in [5.74, 6) is 1.23. The largest absolute Gasteiger partial charge is 0.493 e. The SMILES string of the molecule is COCCOCCOCCN(CCCC(=O)OC)c1cc(COc2cc3c(cc2OC)C(=O)N2c4ccccc4C[C@H]2C=N3)cc(COc2cc3c(cc2OC)C(=O)N2c4ccccc4C[C@H]2CN3C)c1. The van der Waals surface area contributed by atoms with E-state index in [9.17, 15) is 14.4 Å². The zero-order valence-corrected chi connectivity index (χ0v) is 41.0. The molecule has 0 spiro atoms. The molecule has 0 fully saturated rings. The van der Waals surface area contributed by atoms with Crippen LogP contribution in [0.3, 0.4) is 0 Å². The summed E-state index contributed by atoms with van der Waals surface area (Å²) in [4.78, 5) is 53.5. The molecule has 0 saturated heterocycles. The van der Waals surface area contributed by atoms with Gasteiger partial charge in [-0.15, -0.1) is 0 Å². The summed E-state index contributed by atoms with van der Waals surface area (Å²) < 4.78 is 46.6. The fourth-order valence-corrected chi connectivity index (χ4v) is 9.86. The first-order chi connectivity index (χ1) is 34.7. The van der Waals surface area contributed by atoms with Gasteiger partial charge in [0.25, 0.3) is 11.8 Å². The average Bonchev–Trinajstić information content (AvgIpc) is 3.89. The average molecular weight is 968 g/mol. The fourth-order valence-electron chi connectivity index (χ4n) is 9.86. The number of ether oxygens (including phenoxy) is 8. The summed E-state index contributed by atoms with van der Waals surface area (Å²) in [5.41, 5.74) is 8.81. The van der Waals surface area contributed by atoms with Crippen molar-refractivity contribution >= 4 is 52.4 Å². The van der Waals surface area contributed by atoms with Crippen molar-refractivity contribution in [3.05, 3.63) is 124 Å². The molecule has 2 atom stereocenters. The number of esters is 1. The molecule has 0 aliphatic carbocycles. The number of carbonyl (C=O) groups excluding carboxylic acids is 3. The standard InChI is InChI=1S/C55H61N5O11/c1-57-33-42-27-39-12-7-9-14-47(39)60(42)55(63)44-29-50(66-4)52(31-48(44)57)71-35-37-23-36(24-40(25-37)58(16-10-15-53(61)67-5)17-18-68-21-22-69-20-19-64-2)34-70-51-30-45-43(28-49(51)65-3)54(62)59-41(32-56-45)26-38-11-6-8-13-46(38)59/h6-9,11-14,23-25,28-32,41-42H,10,15-22,26-27,33-35H2,1-5H3/t41-,42-/m0/s1. The molecule has 71 heavy (non-hydrogen) atoms. The second-order valence-corrected chi connectivity index (χ2v) is 17.9. The lowest BCUT2D eigenvalue weighted by molar-refractivity contribution is -0.140. The maximum Gasteiger partial charge on any atom is 0.305 e. The molecule has 0 aromatic heterocycles. The van der Waals surface area contributed by atoms with Crippen molar-refractivity contribution < 1.29 is 52.3 Å². The summed E-state index contributed by atoms with van der Waals surface area (Å²) in [7, 11) is 8.15. The molecule has 2 amide bonds. The number of anilines is 4. The molecule has 372 valence electrons. The van der Waals surface area contributed by atoms with Gasteiger partial charge in [0.15, 0.2) is 23.0 Å². The molecular weight excluding hydrogens is 907 g/mol. The Labute approximate surface area is 414 Å². The third-order valence-electron chi connectivity index (χ3n) is 13.4. The highest BCUT2D eigenvalue weighted by Gasteiger charge is 2.40. The number of likely N-dealkylation sites (N-methyl/N-ethyl adjacent to an activating group) is 1. The van der Waals surface area contributed by atoms with Crippen LogP contribution in [0.2, 0.25) is 0 Å². The Bertz CT molecular complexity index is 2780. The number of nitrogens with zero attached hydrogens (tertiary/aromatic N) is 5. The van der Waals surface area contributed by atoms with E-state index in [1.54, 1.807) is 44.4 Å². The Hall–Kier alpha value is -7.14. The first-order valence-corrected chi connectivity index (χ1v) is 24.0. The molecule has 0 unspecified atom stereocenters. The molecule has 0 bridgehead atoms. The van der Waals surface area contributed by atoms with E-state index in [0.717, 1.165) is 51.4 Å². The molecule has 0 saturated carbocycles. The van der Waals surface area contributed by atoms with E-state index in [1.165, 1.54) is 7.11 Å². The second kappa shape index (κ2) is 22.3. The molecule has 9 rings (SSSR count). The number of hydrogen-bond acceptors (Lipinski definition) is 14. The monoisotopic (exact) mass is 967 g/mol. The molecule has 4 aliphatic heterocycles. The van der Waals surface area contributed by atoms with Gasteiger partial charge in [0.1, 0.15) is 13.2 Å². The number of amides is 2. The van der Waals surface area contributed by atoms with Gasteiger partial charge >= 0.3 is 5.97 Å². The minimum Gasteiger partial charge on any atom is -0.493 e. The van der Waals surface area contributed by atoms with Crippen LogP contribution >= 0.6 is 0 Å². The number of rotatable bonds is 22. The molecule has 0 N–H and O–H groups in total. The Morgan fingerprint density at radius 3 is 1.97 bits per heavy atom. The van der Waals surface area contributed by atoms with Crippen molar-refractivity contribution in [2.45, 2.75) is 51.0 Å². The zero-order chi connectivity index (χ0) is 49.4. The van der Waals surface area contributed by atoms with Gasteiger partial charge in [0.05, 0.1) is 88.9 Å². The topological polar surface area (TPSA) is 150 Å². The van der Waals surface area contributed by atoms with Crippen molar-refractivity contribution in [3.63, 3.8) is 0 Å². The molecule has 16 heteroatoms. The lowest BCUT2D eigenvalue weighted by Crippen LogP contribution is -2.41. The van der Waals surface area contributed by atoms with Gasteiger partial charge in [-0.2, -0.15) is 0 Å². The smallest absolute Gasteiger partial charge is 0.305 e. The van der Waals surface area contributed by atoms with Gasteiger partial charge in [-0.25, -0.2) is 0 Å². The Morgan fingerprint density at radius 1 is 0.662 bits per heavy atom. The van der Waals surface area contributed by atoms with Crippen molar-refractivity contribution in [1.29, 1.82) is 0 Å². The summed E-state index contributed by atoms with van der Waals surface area (Å²) in [6, 6.07) is 29.1. The van der Waals surface area contributed by atoms with Gasteiger partial charge < -0.3 is 52.6 Å². The van der Waals surface area contributed by atoms with Crippen molar-refractivity contribution in [2.24, 2.45) is 4.99 Å². The molecule has 5 aromatic rings. The van der Waals surface area contributed by atoms with E-state index in [0.29, 0.717) is 105 Å². The molecule has 4 heterocycles. The van der Waals surface area contributed by atoms with Crippen LogP contribution in [0.5, 0.6) is 23.0 Å². The Kier molecular flexibility index (Phi) is 15.3. The number of aliphatic imine (C=N–C) groups is 1. The van der Waals surface area contributed by atoms with E-state index in [2.05, 4.69) is 21.9 Å². The first-order valence-electron chi connectivity index (χ1n) is 24.0. The molecule has 16 nitrogen and oxygen atoms in total. The Balaban J connectivity index is 0.998. The summed E-state index contributed by atoms with van der Waals surface area (Å²) in [6.07, 6.45) is 4.08. The van der Waals surface area contributed by atoms with E-state index in [4.69, 9.17) is 42.9 Å². The molecular formula is C55H61N5O11. The first kappa shape index (κ1) is 48.9. The molecule has 5 aromatic carbocycles. The lowest BCUT2D eigenvalue weighted by Gasteiger charge is -2.26. The number of benzene rings is 5. The van der Waals surface area contributed by atoms with Gasteiger partial charge in [0, 0.05) is 82.0 Å². The van der Waals surface area contributed by atoms with Crippen LogP contribution in [0, 0.1) is 0 Å². The highest BCUT2D eigenvalue weighted by atomic mass is 16.5. The number of fused-ring (bicyclic) bond motifs is 8. The molecule has 4 aliphatic rings. The minimum atomic E-state index is -0.288. The second-order valence-electron chi connectivity index (χ2n) is 17.9. The number of carbonyl (C=O) groups is 3. The van der Waals surface area contributed by atoms with Crippen LogP contribution in [-0.4, -0.2) is 124 Å². The number of para-hydroxylation sites is 2. The quantitative estimate of drug-likeness (QED) is 0.0495. The third-order valence-corrected chi connectivity index (χ3v) is 13.4. The minimum absolute atomic E-state index is 0.0110. The van der Waals surface area contributed by atoms with E-state index in [-0.39, 0.29) is 49.5 Å². The highest BCUT2D eigenvalue weighted by molar-refractivity contribution is 6.15. The van der Waals surface area contributed by atoms with Crippen LogP contribution in [-0.2, 0) is 49.8 Å². The zero-order valence-electron chi connectivity index (χ0n) is 41.0. The van der Waals surface area contributed by atoms with Crippen LogP contribution < -0.4 is 38.5 Å². The summed E-state index contributed by atoms with van der Waals surface area (Å²) >= 11 is 0. The summed E-state index contributed by atoms with van der Waals surface area (Å²) in [6.45, 7) is 4.18. The van der Waals surface area contributed by atoms with Crippen molar-refractivity contribution in [1.82, 2.24) is 0 Å². The lowest BCUT2D eigenvalue weighted by atomic mass is 10.1. The number of methoxy groups -OCH3 is 4. The van der Waals surface area contributed by atoms with E-state index in [1.807, 2.05) is 78.8 Å². The van der Waals surface area contributed by atoms with E-state index >= 15 is 0 Å². The summed E-state index contributed by atoms with van der Waals surface area (Å²) in [5, 5.41) is 0. The van der Waals surface area contributed by atoms with Crippen molar-refractivity contribution in [3.8, 4) is 23.0 Å². The van der Waals surface area contributed by atoms with Crippen LogP contribution in [0.15, 0.2) is 96.0 Å². The van der Waals surface area contributed by atoms with Gasteiger partial charge in [-0.3, -0.25) is 24.3 Å². The van der Waals surface area contributed by atoms with Crippen LogP contribution in [0.1, 0.15) is 55.8 Å². The highest BCUT2D eigenvalue weighted by Crippen LogP contribution is 2.44. The van der Waals surface area contributed by atoms with E-state index < -0.39 is 0 Å². The maximum atomic E-state index is 14.3. The van der Waals surface area contributed by atoms with Gasteiger partial charge in [-0.05, 0) is 77.6 Å². The Morgan fingerprint density at radius 2 is 1.28 bits per heavy atom. The number of hydrogen-bond donors (Lipinski definition) is 0. The molecule has 0 radical (unpaired) electrons. The predicted molar refractivity (Wildman–Crippen MR) is 271 cm³/mol. The maximum absolute atomic E-state index is 14.3. The van der Waals surface area contributed by atoms with Crippen LogP contribution in [0.25, 0.3) is 0 Å². The third kappa shape index (κ3) is 10.6. The van der Waals surface area contributed by atoms with Gasteiger partial charge in [-0.1, -0.05) is 36.4 Å². The van der Waals surface area contributed by atoms with Gasteiger partial charge in [0.2, 0.25) is 0 Å². The van der Waals surface area contributed by atoms with Crippen LogP contribution in [0.4, 0.5) is 28.4 Å².